The molecule has 0 saturated heterocycles. The highest BCUT2D eigenvalue weighted by Gasteiger charge is 2.03. The predicted molar refractivity (Wildman–Crippen MR) is 70.4 cm³/mol. The molecule has 1 aromatic carbocycles. The van der Waals surface area contributed by atoms with Gasteiger partial charge in [0.2, 0.25) is 0 Å². The van der Waals surface area contributed by atoms with E-state index in [1.807, 2.05) is 42.5 Å². The lowest BCUT2D eigenvalue weighted by Gasteiger charge is -2.07. The molecule has 0 N–H and O–H groups in total. The fraction of sp³-hybridized carbons (Fsp3) is 0.0833. The molecule has 4 heteroatoms. The Balaban J connectivity index is 2.05. The summed E-state index contributed by atoms with van der Waals surface area (Å²) in [5.41, 5.74) is 1.14. The van der Waals surface area contributed by atoms with Crippen LogP contribution in [0.5, 0.6) is 5.75 Å². The van der Waals surface area contributed by atoms with Gasteiger partial charge in [0.1, 0.15) is 15.8 Å². The van der Waals surface area contributed by atoms with Crippen LogP contribution in [-0.4, -0.2) is 4.98 Å². The Hall–Kier alpha value is -0.870. The van der Waals surface area contributed by atoms with Gasteiger partial charge in [0, 0.05) is 0 Å². The van der Waals surface area contributed by atoms with Crippen LogP contribution >= 0.6 is 31.9 Å². The van der Waals surface area contributed by atoms with Crippen LogP contribution in [0, 0.1) is 0 Å². The molecule has 82 valence electrons. The number of aromatic nitrogens is 1. The third-order valence-corrected chi connectivity index (χ3v) is 3.03. The zero-order chi connectivity index (χ0) is 11.4. The van der Waals surface area contributed by atoms with Crippen molar-refractivity contribution >= 4 is 31.9 Å². The van der Waals surface area contributed by atoms with E-state index in [2.05, 4.69) is 36.8 Å². The van der Waals surface area contributed by atoms with E-state index in [1.165, 1.54) is 0 Å². The van der Waals surface area contributed by atoms with Gasteiger partial charge in [-0.2, -0.15) is 0 Å². The lowest BCUT2D eigenvalue weighted by Crippen LogP contribution is -1.96. The van der Waals surface area contributed by atoms with Gasteiger partial charge in [-0.25, -0.2) is 4.98 Å². The van der Waals surface area contributed by atoms with E-state index in [9.17, 15) is 0 Å². The maximum absolute atomic E-state index is 5.65. The molecule has 0 aliphatic rings. The maximum Gasteiger partial charge on any atom is 0.152 e. The average molecular weight is 343 g/mol. The normalized spacial score (nSPS) is 10.1. The average Bonchev–Trinajstić information content (AvgIpc) is 2.29. The number of hydrogen-bond acceptors (Lipinski definition) is 2. The first kappa shape index (κ1) is 11.6. The minimum Gasteiger partial charge on any atom is -0.486 e. The van der Waals surface area contributed by atoms with E-state index in [1.54, 1.807) is 0 Å². The van der Waals surface area contributed by atoms with Gasteiger partial charge in [0.15, 0.2) is 5.75 Å². The molecule has 0 amide bonds. The lowest BCUT2D eigenvalue weighted by atomic mass is 10.2. The lowest BCUT2D eigenvalue weighted by molar-refractivity contribution is 0.302. The molecular weight excluding hydrogens is 334 g/mol. The van der Waals surface area contributed by atoms with Crippen molar-refractivity contribution in [2.24, 2.45) is 0 Å². The molecule has 0 atom stereocenters. The molecule has 0 bridgehead atoms. The summed E-state index contributed by atoms with van der Waals surface area (Å²) in [6.07, 6.45) is 0. The molecular formula is C12H9Br2NO. The molecule has 1 aromatic heterocycles. The second kappa shape index (κ2) is 5.46. The van der Waals surface area contributed by atoms with Gasteiger partial charge < -0.3 is 4.74 Å². The van der Waals surface area contributed by atoms with Crippen molar-refractivity contribution in [3.05, 3.63) is 57.2 Å². The first-order chi connectivity index (χ1) is 7.75. The highest BCUT2D eigenvalue weighted by molar-refractivity contribution is 9.11. The van der Waals surface area contributed by atoms with Gasteiger partial charge in [-0.1, -0.05) is 30.3 Å². The number of hydrogen-bond donors (Lipinski definition) is 0. The van der Waals surface area contributed by atoms with Crippen LogP contribution in [0.15, 0.2) is 51.7 Å². The maximum atomic E-state index is 5.65. The van der Waals surface area contributed by atoms with Crippen LogP contribution in [0.3, 0.4) is 0 Å². The fourth-order valence-electron chi connectivity index (χ4n) is 1.24. The quantitative estimate of drug-likeness (QED) is 0.780. The summed E-state index contributed by atoms with van der Waals surface area (Å²) in [5, 5.41) is 0. The van der Waals surface area contributed by atoms with Crippen LogP contribution in [0.1, 0.15) is 5.56 Å². The monoisotopic (exact) mass is 341 g/mol. The van der Waals surface area contributed by atoms with Crippen molar-refractivity contribution in [2.75, 3.05) is 0 Å². The zero-order valence-corrected chi connectivity index (χ0v) is 11.5. The standard InChI is InChI=1S/C12H9Br2NO/c13-11-7-6-10(12(14)15-11)16-8-9-4-2-1-3-5-9/h1-7H,8H2. The highest BCUT2D eigenvalue weighted by Crippen LogP contribution is 2.25. The zero-order valence-electron chi connectivity index (χ0n) is 8.36. The third kappa shape index (κ3) is 3.06. The second-order valence-electron chi connectivity index (χ2n) is 3.20. The van der Waals surface area contributed by atoms with E-state index < -0.39 is 0 Å². The smallest absolute Gasteiger partial charge is 0.152 e. The van der Waals surface area contributed by atoms with E-state index in [0.717, 1.165) is 15.9 Å². The summed E-state index contributed by atoms with van der Waals surface area (Å²) >= 11 is 6.65. The summed E-state index contributed by atoms with van der Waals surface area (Å²) in [7, 11) is 0. The minimum atomic E-state index is 0.544. The Morgan fingerprint density at radius 3 is 2.44 bits per heavy atom. The van der Waals surface area contributed by atoms with E-state index in [4.69, 9.17) is 4.74 Å². The van der Waals surface area contributed by atoms with Crippen molar-refractivity contribution in [2.45, 2.75) is 6.61 Å². The van der Waals surface area contributed by atoms with Crippen molar-refractivity contribution < 1.29 is 4.74 Å². The molecule has 0 saturated carbocycles. The Morgan fingerprint density at radius 1 is 1.00 bits per heavy atom. The number of pyridine rings is 1. The van der Waals surface area contributed by atoms with Crippen LogP contribution < -0.4 is 4.74 Å². The molecule has 2 rings (SSSR count). The summed E-state index contributed by atoms with van der Waals surface area (Å²) in [4.78, 5) is 4.19. The summed E-state index contributed by atoms with van der Waals surface area (Å²) < 4.78 is 7.14. The largest absolute Gasteiger partial charge is 0.486 e. The second-order valence-corrected chi connectivity index (χ2v) is 4.76. The van der Waals surface area contributed by atoms with Crippen molar-refractivity contribution in [1.82, 2.24) is 4.98 Å². The van der Waals surface area contributed by atoms with Gasteiger partial charge in [0.25, 0.3) is 0 Å². The minimum absolute atomic E-state index is 0.544. The van der Waals surface area contributed by atoms with Crippen molar-refractivity contribution in [1.29, 1.82) is 0 Å². The summed E-state index contributed by atoms with van der Waals surface area (Å²) in [6, 6.07) is 13.8. The van der Waals surface area contributed by atoms with Crippen molar-refractivity contribution in [3.8, 4) is 5.75 Å². The van der Waals surface area contributed by atoms with E-state index >= 15 is 0 Å². The molecule has 2 aromatic rings. The molecule has 0 spiro atoms. The van der Waals surface area contributed by atoms with Gasteiger partial charge >= 0.3 is 0 Å². The van der Waals surface area contributed by atoms with Crippen LogP contribution in [0.25, 0.3) is 0 Å². The molecule has 0 unspecified atom stereocenters. The molecule has 16 heavy (non-hydrogen) atoms. The first-order valence-electron chi connectivity index (χ1n) is 4.74. The van der Waals surface area contributed by atoms with Crippen LogP contribution in [0.2, 0.25) is 0 Å². The van der Waals surface area contributed by atoms with Crippen LogP contribution in [0.4, 0.5) is 0 Å². The van der Waals surface area contributed by atoms with Crippen molar-refractivity contribution in [3.63, 3.8) is 0 Å². The van der Waals surface area contributed by atoms with Gasteiger partial charge in [0.05, 0.1) is 0 Å². The van der Waals surface area contributed by atoms with E-state index in [0.29, 0.717) is 11.2 Å². The Bertz CT molecular complexity index is 474. The Kier molecular flexibility index (Phi) is 3.96. The molecule has 0 aliphatic heterocycles. The third-order valence-electron chi connectivity index (χ3n) is 2.02. The SMILES string of the molecule is Brc1ccc(OCc2ccccc2)c(Br)n1. The first-order valence-corrected chi connectivity index (χ1v) is 6.33. The Morgan fingerprint density at radius 2 is 1.75 bits per heavy atom. The molecule has 2 nitrogen and oxygen atoms in total. The topological polar surface area (TPSA) is 22.1 Å². The number of rotatable bonds is 3. The van der Waals surface area contributed by atoms with Gasteiger partial charge in [-0.3, -0.25) is 0 Å². The summed E-state index contributed by atoms with van der Waals surface area (Å²) in [5.74, 6) is 0.743. The number of nitrogens with zero attached hydrogens (tertiary/aromatic N) is 1. The molecule has 0 fully saturated rings. The molecule has 0 radical (unpaired) electrons. The Labute approximate surface area is 111 Å². The number of benzene rings is 1. The summed E-state index contributed by atoms with van der Waals surface area (Å²) in [6.45, 7) is 0.544. The molecule has 0 aliphatic carbocycles. The van der Waals surface area contributed by atoms with Crippen LogP contribution in [-0.2, 0) is 6.61 Å². The van der Waals surface area contributed by atoms with E-state index in [-0.39, 0.29) is 0 Å². The number of halogens is 2. The highest BCUT2D eigenvalue weighted by atomic mass is 79.9. The predicted octanol–water partition coefficient (Wildman–Crippen LogP) is 4.19. The fourth-order valence-corrected chi connectivity index (χ4v) is 2.23. The van der Waals surface area contributed by atoms with Gasteiger partial charge in [-0.05, 0) is 49.6 Å². The molecule has 1 heterocycles. The number of ether oxygens (including phenoxy) is 1. The van der Waals surface area contributed by atoms with Gasteiger partial charge in [-0.15, -0.1) is 0 Å².